The van der Waals surface area contributed by atoms with E-state index in [2.05, 4.69) is 0 Å². The molecule has 1 fully saturated rings. The molecule has 0 radical (unpaired) electrons. The van der Waals surface area contributed by atoms with Gasteiger partial charge in [-0.15, -0.1) is 0 Å². The maximum Gasteiger partial charge on any atom is 0.246 e. The summed E-state index contributed by atoms with van der Waals surface area (Å²) in [5, 5.41) is 0. The topological polar surface area (TPSA) is 57.7 Å². The van der Waals surface area contributed by atoms with Crippen molar-refractivity contribution in [2.75, 3.05) is 17.6 Å². The lowest BCUT2D eigenvalue weighted by Gasteiger charge is -2.35. The fourth-order valence-corrected chi connectivity index (χ4v) is 4.54. The van der Waals surface area contributed by atoms with Gasteiger partial charge in [-0.05, 0) is 43.5 Å². The van der Waals surface area contributed by atoms with E-state index in [1.807, 2.05) is 0 Å². The second-order valence-corrected chi connectivity index (χ2v) is 8.21. The normalized spacial score (nSPS) is 16.8. The first-order valence-electron chi connectivity index (χ1n) is 8.27. The summed E-state index contributed by atoms with van der Waals surface area (Å²) >= 11 is 0. The molecule has 1 atom stereocenters. The zero-order chi connectivity index (χ0) is 17.9. The minimum absolute atomic E-state index is 0.168. The van der Waals surface area contributed by atoms with Crippen LogP contribution in [-0.4, -0.2) is 44.6 Å². The molecule has 0 spiro atoms. The summed E-state index contributed by atoms with van der Waals surface area (Å²) in [4.78, 5) is 14.6. The van der Waals surface area contributed by atoms with Crippen molar-refractivity contribution in [1.82, 2.24) is 4.90 Å². The van der Waals surface area contributed by atoms with Gasteiger partial charge in [0.2, 0.25) is 15.9 Å². The van der Waals surface area contributed by atoms with Crippen LogP contribution in [0.1, 0.15) is 39.0 Å². The molecular weight excluding hydrogens is 331 g/mol. The lowest BCUT2D eigenvalue weighted by molar-refractivity contribution is -0.133. The Kier molecular flexibility index (Phi) is 5.85. The SMILES string of the molecule is CC[C@@H](C(=O)N(C)C1CCCC1)N(c1ccc(F)cc1)S(C)(=O)=O. The van der Waals surface area contributed by atoms with Crippen LogP contribution in [0.4, 0.5) is 10.1 Å². The first-order chi connectivity index (χ1) is 11.3. The van der Waals surface area contributed by atoms with Crippen molar-refractivity contribution < 1.29 is 17.6 Å². The van der Waals surface area contributed by atoms with Crippen LogP contribution in [0, 0.1) is 5.82 Å². The minimum Gasteiger partial charge on any atom is -0.341 e. The number of likely N-dealkylation sites (N-methyl/N-ethyl adjacent to an activating group) is 1. The molecule has 0 N–H and O–H groups in total. The Morgan fingerprint density at radius 3 is 2.25 bits per heavy atom. The van der Waals surface area contributed by atoms with Gasteiger partial charge in [0.05, 0.1) is 11.9 Å². The van der Waals surface area contributed by atoms with E-state index in [-0.39, 0.29) is 11.9 Å². The summed E-state index contributed by atoms with van der Waals surface area (Å²) in [6.45, 7) is 1.78. The van der Waals surface area contributed by atoms with Crippen molar-refractivity contribution in [1.29, 1.82) is 0 Å². The summed E-state index contributed by atoms with van der Waals surface area (Å²) in [6.07, 6.45) is 5.50. The Labute approximate surface area is 143 Å². The number of nitrogens with zero attached hydrogens (tertiary/aromatic N) is 2. The number of benzene rings is 1. The highest BCUT2D eigenvalue weighted by Gasteiger charge is 2.35. The summed E-state index contributed by atoms with van der Waals surface area (Å²) in [6, 6.07) is 4.53. The Hall–Kier alpha value is -1.63. The number of amides is 1. The van der Waals surface area contributed by atoms with Gasteiger partial charge in [-0.25, -0.2) is 12.8 Å². The summed E-state index contributed by atoms with van der Waals surface area (Å²) in [7, 11) is -1.94. The number of hydrogen-bond acceptors (Lipinski definition) is 3. The van der Waals surface area contributed by atoms with E-state index >= 15 is 0 Å². The molecule has 0 aromatic heterocycles. The number of anilines is 1. The second-order valence-electron chi connectivity index (χ2n) is 6.35. The van der Waals surface area contributed by atoms with Gasteiger partial charge in [-0.3, -0.25) is 9.10 Å². The predicted molar refractivity (Wildman–Crippen MR) is 92.8 cm³/mol. The molecule has 24 heavy (non-hydrogen) atoms. The van der Waals surface area contributed by atoms with E-state index < -0.39 is 21.9 Å². The Balaban J connectivity index is 2.35. The molecule has 1 aliphatic rings. The summed E-state index contributed by atoms with van der Waals surface area (Å²) in [5.74, 6) is -0.659. The molecule has 1 saturated carbocycles. The van der Waals surface area contributed by atoms with E-state index in [0.717, 1.165) is 36.2 Å². The number of carbonyl (C=O) groups excluding carboxylic acids is 1. The molecule has 0 unspecified atom stereocenters. The smallest absolute Gasteiger partial charge is 0.246 e. The van der Waals surface area contributed by atoms with Gasteiger partial charge in [0.15, 0.2) is 0 Å². The average Bonchev–Trinajstić information content (AvgIpc) is 3.05. The molecule has 134 valence electrons. The predicted octanol–water partition coefficient (Wildman–Crippen LogP) is 2.77. The lowest BCUT2D eigenvalue weighted by atomic mass is 10.1. The fourth-order valence-electron chi connectivity index (χ4n) is 3.34. The molecule has 0 aliphatic heterocycles. The maximum atomic E-state index is 13.2. The largest absolute Gasteiger partial charge is 0.341 e. The molecule has 0 saturated heterocycles. The molecule has 0 heterocycles. The summed E-state index contributed by atoms with van der Waals surface area (Å²) < 4.78 is 38.9. The Bertz CT molecular complexity index is 670. The molecule has 5 nitrogen and oxygen atoms in total. The third-order valence-corrected chi connectivity index (χ3v) is 5.79. The van der Waals surface area contributed by atoms with Gasteiger partial charge in [-0.1, -0.05) is 19.8 Å². The third-order valence-electron chi connectivity index (χ3n) is 4.61. The number of hydrogen-bond donors (Lipinski definition) is 0. The van der Waals surface area contributed by atoms with Crippen LogP contribution in [0.3, 0.4) is 0 Å². The molecule has 0 bridgehead atoms. The number of carbonyl (C=O) groups is 1. The van der Waals surface area contributed by atoms with E-state index in [4.69, 9.17) is 0 Å². The average molecular weight is 356 g/mol. The van der Waals surface area contributed by atoms with E-state index in [1.165, 1.54) is 24.3 Å². The van der Waals surface area contributed by atoms with Crippen LogP contribution < -0.4 is 4.31 Å². The van der Waals surface area contributed by atoms with E-state index in [1.54, 1.807) is 18.9 Å². The molecular formula is C17H25FN2O3S. The van der Waals surface area contributed by atoms with Gasteiger partial charge in [0.1, 0.15) is 11.9 Å². The highest BCUT2D eigenvalue weighted by atomic mass is 32.2. The van der Waals surface area contributed by atoms with Gasteiger partial charge < -0.3 is 4.90 Å². The van der Waals surface area contributed by atoms with E-state index in [9.17, 15) is 17.6 Å². The van der Waals surface area contributed by atoms with Crippen LogP contribution in [-0.2, 0) is 14.8 Å². The van der Waals surface area contributed by atoms with Crippen LogP contribution in [0.5, 0.6) is 0 Å². The van der Waals surface area contributed by atoms with Crippen molar-refractivity contribution in [3.05, 3.63) is 30.1 Å². The number of sulfonamides is 1. The highest BCUT2D eigenvalue weighted by molar-refractivity contribution is 7.92. The van der Waals surface area contributed by atoms with Gasteiger partial charge >= 0.3 is 0 Å². The monoisotopic (exact) mass is 356 g/mol. The first-order valence-corrected chi connectivity index (χ1v) is 10.1. The minimum atomic E-state index is -3.68. The summed E-state index contributed by atoms with van der Waals surface area (Å²) in [5.41, 5.74) is 0.305. The van der Waals surface area contributed by atoms with Gasteiger partial charge in [-0.2, -0.15) is 0 Å². The quantitative estimate of drug-likeness (QED) is 0.787. The van der Waals surface area contributed by atoms with Crippen molar-refractivity contribution in [3.63, 3.8) is 0 Å². The zero-order valence-electron chi connectivity index (χ0n) is 14.4. The van der Waals surface area contributed by atoms with Gasteiger partial charge in [0.25, 0.3) is 0 Å². The number of rotatable bonds is 6. The standard InChI is InChI=1S/C17H25FN2O3S/c1-4-16(17(21)19(2)14-7-5-6-8-14)20(24(3,22)23)15-11-9-13(18)10-12-15/h9-12,14,16H,4-8H2,1-3H3/t16-/m0/s1. The molecule has 7 heteroatoms. The Morgan fingerprint density at radius 1 is 1.25 bits per heavy atom. The number of halogens is 1. The Morgan fingerprint density at radius 2 is 1.79 bits per heavy atom. The first kappa shape index (κ1) is 18.7. The third kappa shape index (κ3) is 4.06. The van der Waals surface area contributed by atoms with Crippen LogP contribution in [0.2, 0.25) is 0 Å². The molecule has 2 rings (SSSR count). The van der Waals surface area contributed by atoms with Crippen LogP contribution in [0.25, 0.3) is 0 Å². The van der Waals surface area contributed by atoms with Crippen LogP contribution in [0.15, 0.2) is 24.3 Å². The molecule has 1 aromatic carbocycles. The molecule has 1 amide bonds. The fraction of sp³-hybridized carbons (Fsp3) is 0.588. The van der Waals surface area contributed by atoms with Crippen molar-refractivity contribution >= 4 is 21.6 Å². The molecule has 1 aliphatic carbocycles. The second kappa shape index (κ2) is 7.51. The van der Waals surface area contributed by atoms with Crippen molar-refractivity contribution in [2.45, 2.75) is 51.1 Å². The van der Waals surface area contributed by atoms with Gasteiger partial charge in [0, 0.05) is 13.1 Å². The lowest BCUT2D eigenvalue weighted by Crippen LogP contribution is -2.51. The zero-order valence-corrected chi connectivity index (χ0v) is 15.2. The van der Waals surface area contributed by atoms with Crippen LogP contribution >= 0.6 is 0 Å². The molecule has 1 aromatic rings. The highest BCUT2D eigenvalue weighted by Crippen LogP contribution is 2.27. The maximum absolute atomic E-state index is 13.2. The van der Waals surface area contributed by atoms with Crippen molar-refractivity contribution in [2.24, 2.45) is 0 Å². The van der Waals surface area contributed by atoms with E-state index in [0.29, 0.717) is 12.1 Å². The van der Waals surface area contributed by atoms with Crippen molar-refractivity contribution in [3.8, 4) is 0 Å².